The third kappa shape index (κ3) is 1.87. The molecule has 5 nitrogen and oxygen atoms in total. The number of phenolic OH excluding ortho intramolecular Hbond substituents is 1. The first kappa shape index (κ1) is 10.2. The van der Waals surface area contributed by atoms with Crippen molar-refractivity contribution in [2.75, 3.05) is 17.2 Å². The van der Waals surface area contributed by atoms with Crippen LogP contribution in [-0.2, 0) is 0 Å². The van der Waals surface area contributed by atoms with Crippen LogP contribution >= 0.6 is 0 Å². The lowest BCUT2D eigenvalue weighted by Gasteiger charge is -2.19. The lowest BCUT2D eigenvalue weighted by Crippen LogP contribution is -2.35. The molecular weight excluding hydrogens is 182 g/mol. The molecular formula is C9H13N3O2. The Labute approximate surface area is 81.9 Å². The highest BCUT2D eigenvalue weighted by molar-refractivity contribution is 5.92. The van der Waals surface area contributed by atoms with E-state index in [0.29, 0.717) is 17.9 Å². The first-order valence-corrected chi connectivity index (χ1v) is 4.21. The van der Waals surface area contributed by atoms with E-state index >= 15 is 0 Å². The molecule has 5 N–H and O–H groups in total. The average molecular weight is 195 g/mol. The maximum absolute atomic E-state index is 11.0. The Hall–Kier alpha value is -1.91. The fourth-order valence-electron chi connectivity index (χ4n) is 1.21. The summed E-state index contributed by atoms with van der Waals surface area (Å²) in [7, 11) is 0. The molecule has 0 aliphatic carbocycles. The SMILES string of the molecule is CCN(C(N)=O)c1ccc(N)cc1O. The highest BCUT2D eigenvalue weighted by atomic mass is 16.3. The fraction of sp³-hybridized carbons (Fsp3) is 0.222. The molecule has 0 saturated carbocycles. The topological polar surface area (TPSA) is 92.6 Å². The molecule has 1 rings (SSSR count). The van der Waals surface area contributed by atoms with Crippen molar-refractivity contribution >= 4 is 17.4 Å². The number of nitrogen functional groups attached to an aromatic ring is 1. The molecule has 2 amide bonds. The number of nitrogens with zero attached hydrogens (tertiary/aromatic N) is 1. The van der Waals surface area contributed by atoms with Crippen molar-refractivity contribution in [3.63, 3.8) is 0 Å². The van der Waals surface area contributed by atoms with Crippen LogP contribution in [0.1, 0.15) is 6.92 Å². The minimum absolute atomic E-state index is 0.0503. The second-order valence-corrected chi connectivity index (χ2v) is 2.83. The first-order chi connectivity index (χ1) is 6.56. The molecule has 0 spiro atoms. The summed E-state index contributed by atoms with van der Waals surface area (Å²) in [5, 5.41) is 9.51. The summed E-state index contributed by atoms with van der Waals surface area (Å²) in [6, 6.07) is 3.92. The van der Waals surface area contributed by atoms with E-state index in [4.69, 9.17) is 11.5 Å². The summed E-state index contributed by atoms with van der Waals surface area (Å²) in [4.78, 5) is 12.2. The summed E-state index contributed by atoms with van der Waals surface area (Å²) in [6.45, 7) is 2.16. The number of nitrogens with two attached hydrogens (primary N) is 2. The molecule has 1 aromatic rings. The minimum atomic E-state index is -0.604. The Kier molecular flexibility index (Phi) is 2.81. The number of hydrogen-bond donors (Lipinski definition) is 3. The molecule has 0 aliphatic rings. The summed E-state index contributed by atoms with van der Waals surface area (Å²) in [6.07, 6.45) is 0. The first-order valence-electron chi connectivity index (χ1n) is 4.21. The third-order valence-corrected chi connectivity index (χ3v) is 1.87. The van der Waals surface area contributed by atoms with Crippen molar-refractivity contribution in [2.45, 2.75) is 6.92 Å². The lowest BCUT2D eigenvalue weighted by molar-refractivity contribution is 0.254. The molecule has 5 heteroatoms. The van der Waals surface area contributed by atoms with Gasteiger partial charge in [-0.3, -0.25) is 4.90 Å². The Morgan fingerprint density at radius 3 is 2.64 bits per heavy atom. The summed E-state index contributed by atoms with van der Waals surface area (Å²) >= 11 is 0. The second kappa shape index (κ2) is 3.87. The normalized spacial score (nSPS) is 9.79. The zero-order valence-electron chi connectivity index (χ0n) is 7.90. The van der Waals surface area contributed by atoms with E-state index in [1.807, 2.05) is 0 Å². The van der Waals surface area contributed by atoms with Gasteiger partial charge in [-0.1, -0.05) is 0 Å². The van der Waals surface area contributed by atoms with Gasteiger partial charge in [0.15, 0.2) is 0 Å². The Balaban J connectivity index is 3.10. The van der Waals surface area contributed by atoms with Gasteiger partial charge in [0, 0.05) is 18.3 Å². The van der Waals surface area contributed by atoms with Gasteiger partial charge in [0.25, 0.3) is 0 Å². The Morgan fingerprint density at radius 1 is 1.57 bits per heavy atom. The van der Waals surface area contributed by atoms with Gasteiger partial charge in [-0.2, -0.15) is 0 Å². The van der Waals surface area contributed by atoms with Crippen LogP contribution in [0, 0.1) is 0 Å². The van der Waals surface area contributed by atoms with Crippen LogP contribution in [0.2, 0.25) is 0 Å². The van der Waals surface area contributed by atoms with Gasteiger partial charge < -0.3 is 16.6 Å². The van der Waals surface area contributed by atoms with E-state index in [2.05, 4.69) is 0 Å². The molecule has 0 radical (unpaired) electrons. The molecule has 0 heterocycles. The lowest BCUT2D eigenvalue weighted by atomic mass is 10.2. The number of aromatic hydroxyl groups is 1. The Bertz CT molecular complexity index is 352. The monoisotopic (exact) mass is 195 g/mol. The molecule has 0 aliphatic heterocycles. The number of amides is 2. The van der Waals surface area contributed by atoms with E-state index in [1.54, 1.807) is 19.1 Å². The molecule has 0 saturated heterocycles. The van der Waals surface area contributed by atoms with E-state index < -0.39 is 6.03 Å². The molecule has 0 bridgehead atoms. The number of carbonyl (C=O) groups is 1. The second-order valence-electron chi connectivity index (χ2n) is 2.83. The molecule has 0 fully saturated rings. The van der Waals surface area contributed by atoms with Gasteiger partial charge in [-0.05, 0) is 19.1 Å². The quantitative estimate of drug-likeness (QED) is 0.611. The molecule has 1 aromatic carbocycles. The standard InChI is InChI=1S/C9H13N3O2/c1-2-12(9(11)14)7-4-3-6(10)5-8(7)13/h3-5,13H,2,10H2,1H3,(H2,11,14). The molecule has 0 aromatic heterocycles. The van der Waals surface area contributed by atoms with Crippen LogP contribution in [0.15, 0.2) is 18.2 Å². The molecule has 76 valence electrons. The van der Waals surface area contributed by atoms with E-state index in [-0.39, 0.29) is 5.75 Å². The van der Waals surface area contributed by atoms with Crippen molar-refractivity contribution in [3.05, 3.63) is 18.2 Å². The highest BCUT2D eigenvalue weighted by Gasteiger charge is 2.13. The van der Waals surface area contributed by atoms with Gasteiger partial charge in [0.05, 0.1) is 5.69 Å². The number of phenols is 1. The van der Waals surface area contributed by atoms with E-state index in [9.17, 15) is 9.90 Å². The van der Waals surface area contributed by atoms with Crippen LogP contribution in [0.5, 0.6) is 5.75 Å². The summed E-state index contributed by atoms with van der Waals surface area (Å²) in [5.41, 5.74) is 11.4. The summed E-state index contributed by atoms with van der Waals surface area (Å²) in [5.74, 6) is -0.0503. The number of anilines is 2. The molecule has 0 atom stereocenters. The maximum Gasteiger partial charge on any atom is 0.319 e. The third-order valence-electron chi connectivity index (χ3n) is 1.87. The smallest absolute Gasteiger partial charge is 0.319 e. The minimum Gasteiger partial charge on any atom is -0.506 e. The van der Waals surface area contributed by atoms with Crippen LogP contribution < -0.4 is 16.4 Å². The van der Waals surface area contributed by atoms with Crippen molar-refractivity contribution in [3.8, 4) is 5.75 Å². The largest absolute Gasteiger partial charge is 0.506 e. The van der Waals surface area contributed by atoms with Crippen molar-refractivity contribution in [2.24, 2.45) is 5.73 Å². The van der Waals surface area contributed by atoms with Crippen LogP contribution in [0.3, 0.4) is 0 Å². The number of rotatable bonds is 2. The molecule has 0 unspecified atom stereocenters. The van der Waals surface area contributed by atoms with Gasteiger partial charge in [-0.15, -0.1) is 0 Å². The fourth-order valence-corrected chi connectivity index (χ4v) is 1.21. The highest BCUT2D eigenvalue weighted by Crippen LogP contribution is 2.28. The van der Waals surface area contributed by atoms with Gasteiger partial charge in [0.2, 0.25) is 0 Å². The van der Waals surface area contributed by atoms with Crippen LogP contribution in [0.25, 0.3) is 0 Å². The number of hydrogen-bond acceptors (Lipinski definition) is 3. The Morgan fingerprint density at radius 2 is 2.21 bits per heavy atom. The average Bonchev–Trinajstić information content (AvgIpc) is 2.09. The van der Waals surface area contributed by atoms with Crippen molar-refractivity contribution in [1.29, 1.82) is 0 Å². The van der Waals surface area contributed by atoms with Crippen molar-refractivity contribution < 1.29 is 9.90 Å². The van der Waals surface area contributed by atoms with Gasteiger partial charge in [-0.25, -0.2) is 4.79 Å². The number of urea groups is 1. The van der Waals surface area contributed by atoms with Gasteiger partial charge in [0.1, 0.15) is 5.75 Å². The van der Waals surface area contributed by atoms with Crippen LogP contribution in [0.4, 0.5) is 16.2 Å². The zero-order chi connectivity index (χ0) is 10.7. The van der Waals surface area contributed by atoms with Crippen molar-refractivity contribution in [1.82, 2.24) is 0 Å². The number of primary amides is 1. The predicted octanol–water partition coefficient (Wildman–Crippen LogP) is 0.879. The van der Waals surface area contributed by atoms with Crippen LogP contribution in [-0.4, -0.2) is 17.7 Å². The zero-order valence-corrected chi connectivity index (χ0v) is 7.90. The summed E-state index contributed by atoms with van der Waals surface area (Å²) < 4.78 is 0. The maximum atomic E-state index is 11.0. The predicted molar refractivity (Wildman–Crippen MR) is 55.1 cm³/mol. The van der Waals surface area contributed by atoms with E-state index in [0.717, 1.165) is 0 Å². The molecule has 14 heavy (non-hydrogen) atoms. The number of carbonyl (C=O) groups excluding carboxylic acids is 1. The number of benzene rings is 1. The van der Waals surface area contributed by atoms with Gasteiger partial charge >= 0.3 is 6.03 Å². The van der Waals surface area contributed by atoms with E-state index in [1.165, 1.54) is 11.0 Å².